The van der Waals surface area contributed by atoms with E-state index >= 15 is 0 Å². The zero-order chi connectivity index (χ0) is 31.2. The highest BCUT2D eigenvalue weighted by atomic mass is 32.1. The molecule has 0 fully saturated rings. The summed E-state index contributed by atoms with van der Waals surface area (Å²) in [5.74, 6) is 1.88. The standard InChI is InChI=1S/C36H32N4O4S/c1-42-29-16-14-25(15-17-29)35-27(23-40(39-35)28-9-5-4-6-10-28)20-26(36-38-30-11-7-8-12-33(30)45-36)21-34(41)37-22-24-13-18-31(43-2)32(19-24)44-3/h4-20,23H,21-22H2,1-3H3,(H,37,41). The summed E-state index contributed by atoms with van der Waals surface area (Å²) in [5.41, 5.74) is 6.10. The molecule has 6 aromatic rings. The Morgan fingerprint density at radius 1 is 0.867 bits per heavy atom. The zero-order valence-electron chi connectivity index (χ0n) is 25.2. The van der Waals surface area contributed by atoms with Gasteiger partial charge < -0.3 is 19.5 Å². The molecule has 9 heteroatoms. The van der Waals surface area contributed by atoms with E-state index in [2.05, 4.69) is 5.32 Å². The molecule has 0 radical (unpaired) electrons. The molecule has 0 unspecified atom stereocenters. The number of nitrogens with one attached hydrogen (secondary N) is 1. The van der Waals surface area contributed by atoms with Crippen LogP contribution in [0.3, 0.4) is 0 Å². The lowest BCUT2D eigenvalue weighted by atomic mass is 10.0. The van der Waals surface area contributed by atoms with Gasteiger partial charge in [-0.05, 0) is 77.9 Å². The van der Waals surface area contributed by atoms with Crippen LogP contribution in [0.15, 0.2) is 103 Å². The third-order valence-corrected chi connectivity index (χ3v) is 8.43. The first-order valence-electron chi connectivity index (χ1n) is 14.4. The van der Waals surface area contributed by atoms with Crippen LogP contribution in [0, 0.1) is 0 Å². The molecule has 2 aromatic heterocycles. The van der Waals surface area contributed by atoms with E-state index < -0.39 is 0 Å². The van der Waals surface area contributed by atoms with Crippen LogP contribution >= 0.6 is 11.3 Å². The first-order valence-corrected chi connectivity index (χ1v) is 15.2. The van der Waals surface area contributed by atoms with Crippen molar-refractivity contribution in [1.29, 1.82) is 0 Å². The van der Waals surface area contributed by atoms with Gasteiger partial charge in [-0.2, -0.15) is 5.10 Å². The molecule has 2 heterocycles. The second-order valence-corrected chi connectivity index (χ2v) is 11.3. The van der Waals surface area contributed by atoms with Crippen LogP contribution < -0.4 is 19.5 Å². The largest absolute Gasteiger partial charge is 0.497 e. The maximum Gasteiger partial charge on any atom is 0.224 e. The summed E-state index contributed by atoms with van der Waals surface area (Å²) in [6.07, 6.45) is 4.15. The Morgan fingerprint density at radius 2 is 1.62 bits per heavy atom. The van der Waals surface area contributed by atoms with Crippen molar-refractivity contribution in [3.8, 4) is 34.2 Å². The van der Waals surface area contributed by atoms with Crippen molar-refractivity contribution >= 4 is 39.1 Å². The Morgan fingerprint density at radius 3 is 2.36 bits per heavy atom. The monoisotopic (exact) mass is 616 g/mol. The molecule has 0 aliphatic rings. The van der Waals surface area contributed by atoms with Gasteiger partial charge >= 0.3 is 0 Å². The van der Waals surface area contributed by atoms with E-state index in [1.165, 1.54) is 0 Å². The predicted octanol–water partition coefficient (Wildman–Crippen LogP) is 7.42. The summed E-state index contributed by atoms with van der Waals surface area (Å²) in [6.45, 7) is 0.343. The van der Waals surface area contributed by atoms with Gasteiger partial charge in [-0.1, -0.05) is 36.4 Å². The first-order chi connectivity index (χ1) is 22.0. The van der Waals surface area contributed by atoms with Crippen molar-refractivity contribution in [3.63, 3.8) is 0 Å². The van der Waals surface area contributed by atoms with Crippen molar-refractivity contribution in [2.45, 2.75) is 13.0 Å². The molecule has 1 amide bonds. The highest BCUT2D eigenvalue weighted by Gasteiger charge is 2.18. The zero-order valence-corrected chi connectivity index (χ0v) is 26.0. The summed E-state index contributed by atoms with van der Waals surface area (Å²) in [5, 5.41) is 8.82. The minimum absolute atomic E-state index is 0.128. The lowest BCUT2D eigenvalue weighted by molar-refractivity contribution is -0.120. The van der Waals surface area contributed by atoms with Gasteiger partial charge in [0.2, 0.25) is 5.91 Å². The van der Waals surface area contributed by atoms with E-state index in [9.17, 15) is 4.79 Å². The van der Waals surface area contributed by atoms with E-state index in [-0.39, 0.29) is 12.3 Å². The maximum absolute atomic E-state index is 13.5. The van der Waals surface area contributed by atoms with Gasteiger partial charge in [-0.3, -0.25) is 4.79 Å². The molecule has 0 bridgehead atoms. The van der Waals surface area contributed by atoms with Gasteiger partial charge in [-0.25, -0.2) is 9.67 Å². The number of aromatic nitrogens is 3. The molecule has 0 aliphatic heterocycles. The Balaban J connectivity index is 1.37. The van der Waals surface area contributed by atoms with Crippen LogP contribution in [-0.2, 0) is 11.3 Å². The van der Waals surface area contributed by atoms with Crippen LogP contribution in [0.1, 0.15) is 22.6 Å². The summed E-state index contributed by atoms with van der Waals surface area (Å²) in [6, 6.07) is 31.4. The molecule has 226 valence electrons. The third kappa shape index (κ3) is 6.73. The Kier molecular flexibility index (Phi) is 8.89. The third-order valence-electron chi connectivity index (χ3n) is 7.31. The van der Waals surface area contributed by atoms with Crippen molar-refractivity contribution in [1.82, 2.24) is 20.1 Å². The molecule has 45 heavy (non-hydrogen) atoms. The molecule has 6 rings (SSSR count). The molecule has 1 N–H and O–H groups in total. The Bertz CT molecular complexity index is 1930. The van der Waals surface area contributed by atoms with Gasteiger partial charge in [0.1, 0.15) is 10.8 Å². The van der Waals surface area contributed by atoms with Gasteiger partial charge in [-0.15, -0.1) is 11.3 Å². The fraction of sp³-hybridized carbons (Fsp3) is 0.139. The molecular weight excluding hydrogens is 584 g/mol. The number of nitrogens with zero attached hydrogens (tertiary/aromatic N) is 3. The highest BCUT2D eigenvalue weighted by molar-refractivity contribution is 7.19. The second-order valence-electron chi connectivity index (χ2n) is 10.2. The average molecular weight is 617 g/mol. The fourth-order valence-corrected chi connectivity index (χ4v) is 5.97. The minimum atomic E-state index is -0.128. The van der Waals surface area contributed by atoms with Gasteiger partial charge in [0.05, 0.1) is 49.3 Å². The molecule has 4 aromatic carbocycles. The number of carbonyl (C=O) groups is 1. The number of benzene rings is 4. The number of thiazole rings is 1. The Labute approximate surface area is 265 Å². The molecule has 0 aliphatic carbocycles. The summed E-state index contributed by atoms with van der Waals surface area (Å²) in [4.78, 5) is 18.4. The van der Waals surface area contributed by atoms with Crippen LogP contribution in [0.4, 0.5) is 0 Å². The van der Waals surface area contributed by atoms with Gasteiger partial charge in [0.15, 0.2) is 11.5 Å². The SMILES string of the molecule is COc1ccc(-c2nn(-c3ccccc3)cc2C=C(CC(=O)NCc2ccc(OC)c(OC)c2)c2nc3ccccc3s2)cc1. The smallest absolute Gasteiger partial charge is 0.224 e. The number of methoxy groups -OCH3 is 3. The average Bonchev–Trinajstić information content (AvgIpc) is 3.72. The first kappa shape index (κ1) is 29.7. The summed E-state index contributed by atoms with van der Waals surface area (Å²) < 4.78 is 19.1. The molecular formula is C36H32N4O4S. The quantitative estimate of drug-likeness (QED) is 0.163. The number of hydrogen-bond donors (Lipinski definition) is 1. The second kappa shape index (κ2) is 13.5. The predicted molar refractivity (Wildman–Crippen MR) is 179 cm³/mol. The minimum Gasteiger partial charge on any atom is -0.497 e. The van der Waals surface area contributed by atoms with Crippen molar-refractivity contribution < 1.29 is 19.0 Å². The number of para-hydroxylation sites is 2. The van der Waals surface area contributed by atoms with Crippen molar-refractivity contribution in [3.05, 3.63) is 119 Å². The van der Waals surface area contributed by atoms with Crippen LogP contribution in [-0.4, -0.2) is 42.0 Å². The number of carbonyl (C=O) groups excluding carboxylic acids is 1. The van der Waals surface area contributed by atoms with Crippen molar-refractivity contribution in [2.75, 3.05) is 21.3 Å². The van der Waals surface area contributed by atoms with Gasteiger partial charge in [0, 0.05) is 23.9 Å². The van der Waals surface area contributed by atoms with E-state index in [4.69, 9.17) is 24.3 Å². The molecule has 0 spiro atoms. The maximum atomic E-state index is 13.5. The fourth-order valence-electron chi connectivity index (χ4n) is 4.99. The van der Waals surface area contributed by atoms with E-state index in [0.29, 0.717) is 18.0 Å². The molecule has 0 atom stereocenters. The number of amides is 1. The normalized spacial score (nSPS) is 11.4. The number of fused-ring (bicyclic) bond motifs is 1. The highest BCUT2D eigenvalue weighted by Crippen LogP contribution is 2.34. The molecule has 0 saturated carbocycles. The van der Waals surface area contributed by atoms with E-state index in [1.807, 2.05) is 114 Å². The topological polar surface area (TPSA) is 87.5 Å². The van der Waals surface area contributed by atoms with Gasteiger partial charge in [0.25, 0.3) is 0 Å². The van der Waals surface area contributed by atoms with Crippen LogP contribution in [0.2, 0.25) is 0 Å². The molecule has 8 nitrogen and oxygen atoms in total. The van der Waals surface area contributed by atoms with E-state index in [0.717, 1.165) is 54.6 Å². The van der Waals surface area contributed by atoms with Crippen LogP contribution in [0.5, 0.6) is 17.2 Å². The Hall–Kier alpha value is -5.41. The lowest BCUT2D eigenvalue weighted by Crippen LogP contribution is -2.22. The lowest BCUT2D eigenvalue weighted by Gasteiger charge is -2.11. The number of rotatable bonds is 11. The number of ether oxygens (including phenoxy) is 3. The number of hydrogen-bond acceptors (Lipinski definition) is 7. The van der Waals surface area contributed by atoms with Crippen molar-refractivity contribution in [2.24, 2.45) is 0 Å². The van der Waals surface area contributed by atoms with E-state index in [1.54, 1.807) is 32.7 Å². The van der Waals surface area contributed by atoms with Crippen LogP contribution in [0.25, 0.3) is 38.8 Å². The molecule has 0 saturated heterocycles. The summed E-state index contributed by atoms with van der Waals surface area (Å²) in [7, 11) is 4.84. The summed E-state index contributed by atoms with van der Waals surface area (Å²) >= 11 is 1.57.